The van der Waals surface area contributed by atoms with Gasteiger partial charge in [-0.1, -0.05) is 0 Å². The lowest BCUT2D eigenvalue weighted by Gasteiger charge is -2.17. The fourth-order valence-corrected chi connectivity index (χ4v) is 3.52. The molecule has 0 unspecified atom stereocenters. The Labute approximate surface area is 173 Å². The molecule has 1 amide bonds. The number of carbonyl (C=O) groups is 3. The van der Waals surface area contributed by atoms with Gasteiger partial charge in [0, 0.05) is 11.3 Å². The lowest BCUT2D eigenvalue weighted by molar-refractivity contribution is -0.154. The number of rotatable bonds is 8. The minimum Gasteiger partial charge on any atom is -0.451 e. The van der Waals surface area contributed by atoms with Gasteiger partial charge in [0.2, 0.25) is 10.0 Å². The summed E-state index contributed by atoms with van der Waals surface area (Å²) >= 11 is 0. The third-order valence-electron chi connectivity index (χ3n) is 4.03. The zero-order chi connectivity index (χ0) is 22.5. The van der Waals surface area contributed by atoms with E-state index in [1.54, 1.807) is 12.1 Å². The molecule has 0 saturated carbocycles. The van der Waals surface area contributed by atoms with E-state index in [1.165, 1.54) is 32.9 Å². The quantitative estimate of drug-likeness (QED) is 0.484. The van der Waals surface area contributed by atoms with Crippen LogP contribution in [0.3, 0.4) is 0 Å². The summed E-state index contributed by atoms with van der Waals surface area (Å²) in [5.74, 6) is -2.31. The second kappa shape index (κ2) is 9.59. The number of ether oxygens (including phenoxy) is 1. The summed E-state index contributed by atoms with van der Waals surface area (Å²) in [6.45, 7) is 4.01. The van der Waals surface area contributed by atoms with Crippen LogP contribution in [-0.2, 0) is 24.3 Å². The molecule has 0 aliphatic heterocycles. The number of Topliss-reactive ketones (excluding diaryl/α,β-unsaturated/α-hetero) is 1. The van der Waals surface area contributed by atoms with Gasteiger partial charge in [0.1, 0.15) is 11.9 Å². The number of halogens is 1. The van der Waals surface area contributed by atoms with Crippen molar-refractivity contribution in [3.63, 3.8) is 0 Å². The SMILES string of the molecule is CC(=O)c1ccc(NC(=O)[C@@H](C)OC(=O)[C@H](C)NS(=O)(=O)c2ccc(F)cc2)cc1. The molecule has 2 atom stereocenters. The summed E-state index contributed by atoms with van der Waals surface area (Å²) in [6.07, 6.45) is -1.21. The molecular formula is C20H21FN2O6S. The van der Waals surface area contributed by atoms with E-state index >= 15 is 0 Å². The Balaban J connectivity index is 1.94. The molecule has 30 heavy (non-hydrogen) atoms. The number of amides is 1. The van der Waals surface area contributed by atoms with Crippen molar-refractivity contribution < 1.29 is 31.9 Å². The van der Waals surface area contributed by atoms with Crippen molar-refractivity contribution in [2.45, 2.75) is 37.8 Å². The van der Waals surface area contributed by atoms with E-state index in [0.29, 0.717) is 11.3 Å². The van der Waals surface area contributed by atoms with Crippen LogP contribution in [0.25, 0.3) is 0 Å². The van der Waals surface area contributed by atoms with E-state index in [1.807, 2.05) is 0 Å². The fraction of sp³-hybridized carbons (Fsp3) is 0.250. The van der Waals surface area contributed by atoms with Crippen LogP contribution in [0.15, 0.2) is 53.4 Å². The van der Waals surface area contributed by atoms with Gasteiger partial charge in [0.15, 0.2) is 11.9 Å². The van der Waals surface area contributed by atoms with E-state index in [9.17, 15) is 27.2 Å². The van der Waals surface area contributed by atoms with Crippen molar-refractivity contribution >= 4 is 33.4 Å². The van der Waals surface area contributed by atoms with Gasteiger partial charge in [-0.2, -0.15) is 4.72 Å². The van der Waals surface area contributed by atoms with E-state index in [4.69, 9.17) is 4.74 Å². The first-order valence-electron chi connectivity index (χ1n) is 8.90. The standard InChI is InChI=1S/C20H21FN2O6S/c1-12(23-30(27,28)18-10-6-16(21)7-11-18)20(26)29-14(3)19(25)22-17-8-4-15(5-9-17)13(2)24/h4-12,14,23H,1-3H3,(H,22,25)/t12-,14+/m0/s1. The Kier molecular flexibility index (Phi) is 7.41. The molecule has 160 valence electrons. The largest absolute Gasteiger partial charge is 0.451 e. The number of carbonyl (C=O) groups excluding carboxylic acids is 3. The summed E-state index contributed by atoms with van der Waals surface area (Å²) in [7, 11) is -4.08. The monoisotopic (exact) mass is 436 g/mol. The minimum absolute atomic E-state index is 0.118. The third-order valence-corrected chi connectivity index (χ3v) is 5.59. The highest BCUT2D eigenvalue weighted by Crippen LogP contribution is 2.13. The highest BCUT2D eigenvalue weighted by molar-refractivity contribution is 7.89. The molecule has 0 spiro atoms. The predicted molar refractivity (Wildman–Crippen MR) is 107 cm³/mol. The second-order valence-electron chi connectivity index (χ2n) is 6.50. The van der Waals surface area contributed by atoms with Crippen molar-refractivity contribution in [3.8, 4) is 0 Å². The molecule has 0 fully saturated rings. The molecule has 8 nitrogen and oxygen atoms in total. The first-order valence-corrected chi connectivity index (χ1v) is 10.4. The Bertz CT molecular complexity index is 1040. The molecule has 0 radical (unpaired) electrons. The minimum atomic E-state index is -4.08. The number of nitrogens with one attached hydrogen (secondary N) is 2. The van der Waals surface area contributed by atoms with Gasteiger partial charge in [-0.05, 0) is 69.3 Å². The molecule has 0 aromatic heterocycles. The summed E-state index contributed by atoms with van der Waals surface area (Å²) in [5, 5.41) is 2.53. The Morgan fingerprint density at radius 3 is 2.07 bits per heavy atom. The summed E-state index contributed by atoms with van der Waals surface area (Å²) < 4.78 is 44.6. The summed E-state index contributed by atoms with van der Waals surface area (Å²) in [6, 6.07) is 8.93. The van der Waals surface area contributed by atoms with Crippen LogP contribution in [0.2, 0.25) is 0 Å². The number of hydrogen-bond donors (Lipinski definition) is 2. The van der Waals surface area contributed by atoms with Gasteiger partial charge in [-0.3, -0.25) is 14.4 Å². The van der Waals surface area contributed by atoms with Crippen molar-refractivity contribution in [2.75, 3.05) is 5.32 Å². The molecule has 2 rings (SSSR count). The maximum absolute atomic E-state index is 13.0. The number of ketones is 1. The number of esters is 1. The first-order chi connectivity index (χ1) is 14.0. The highest BCUT2D eigenvalue weighted by Gasteiger charge is 2.26. The van der Waals surface area contributed by atoms with E-state index in [-0.39, 0.29) is 10.7 Å². The highest BCUT2D eigenvalue weighted by atomic mass is 32.2. The summed E-state index contributed by atoms with van der Waals surface area (Å²) in [5.41, 5.74) is 0.882. The number of anilines is 1. The normalized spacial score (nSPS) is 13.2. The Hall–Kier alpha value is -3.11. The molecule has 0 bridgehead atoms. The van der Waals surface area contributed by atoms with Gasteiger partial charge in [-0.15, -0.1) is 0 Å². The van der Waals surface area contributed by atoms with E-state index in [2.05, 4.69) is 10.0 Å². The molecule has 2 aromatic carbocycles. The average molecular weight is 436 g/mol. The van der Waals surface area contributed by atoms with E-state index in [0.717, 1.165) is 24.3 Å². The van der Waals surface area contributed by atoms with E-state index < -0.39 is 39.9 Å². The molecular weight excluding hydrogens is 415 g/mol. The van der Waals surface area contributed by atoms with Crippen LogP contribution in [0.1, 0.15) is 31.1 Å². The lowest BCUT2D eigenvalue weighted by Crippen LogP contribution is -2.42. The molecule has 10 heteroatoms. The molecule has 0 heterocycles. The molecule has 2 aromatic rings. The van der Waals surface area contributed by atoms with Gasteiger partial charge >= 0.3 is 5.97 Å². The predicted octanol–water partition coefficient (Wildman–Crippen LogP) is 2.27. The lowest BCUT2D eigenvalue weighted by atomic mass is 10.1. The van der Waals surface area contributed by atoms with Crippen molar-refractivity contribution in [3.05, 3.63) is 59.9 Å². The smallest absolute Gasteiger partial charge is 0.324 e. The van der Waals surface area contributed by atoms with Crippen LogP contribution in [0, 0.1) is 5.82 Å². The van der Waals surface area contributed by atoms with Gasteiger partial charge in [0.05, 0.1) is 4.90 Å². The van der Waals surface area contributed by atoms with Gasteiger partial charge in [-0.25, -0.2) is 12.8 Å². The van der Waals surface area contributed by atoms with Crippen LogP contribution in [0.4, 0.5) is 10.1 Å². The maximum atomic E-state index is 13.0. The van der Waals surface area contributed by atoms with Crippen LogP contribution in [0.5, 0.6) is 0 Å². The topological polar surface area (TPSA) is 119 Å². The van der Waals surface area contributed by atoms with Crippen molar-refractivity contribution in [1.29, 1.82) is 0 Å². The van der Waals surface area contributed by atoms with Crippen LogP contribution in [-0.4, -0.2) is 38.2 Å². The maximum Gasteiger partial charge on any atom is 0.324 e. The second-order valence-corrected chi connectivity index (χ2v) is 8.21. The zero-order valence-electron chi connectivity index (χ0n) is 16.5. The third kappa shape index (κ3) is 6.19. The Morgan fingerprint density at radius 2 is 1.53 bits per heavy atom. The van der Waals surface area contributed by atoms with Crippen LogP contribution >= 0.6 is 0 Å². The first kappa shape index (κ1) is 23.2. The van der Waals surface area contributed by atoms with Gasteiger partial charge < -0.3 is 10.1 Å². The van der Waals surface area contributed by atoms with Crippen LogP contribution < -0.4 is 10.0 Å². The van der Waals surface area contributed by atoms with Crippen molar-refractivity contribution in [2.24, 2.45) is 0 Å². The van der Waals surface area contributed by atoms with Gasteiger partial charge in [0.25, 0.3) is 5.91 Å². The summed E-state index contributed by atoms with van der Waals surface area (Å²) in [4.78, 5) is 35.4. The number of hydrogen-bond acceptors (Lipinski definition) is 6. The number of benzene rings is 2. The molecule has 0 aliphatic carbocycles. The molecule has 0 saturated heterocycles. The average Bonchev–Trinajstić information content (AvgIpc) is 2.68. The number of sulfonamides is 1. The Morgan fingerprint density at radius 1 is 0.967 bits per heavy atom. The zero-order valence-corrected chi connectivity index (χ0v) is 17.3. The molecule has 2 N–H and O–H groups in total. The van der Waals surface area contributed by atoms with Crippen molar-refractivity contribution in [1.82, 2.24) is 4.72 Å². The molecule has 0 aliphatic rings. The fourth-order valence-electron chi connectivity index (χ4n) is 2.32.